The van der Waals surface area contributed by atoms with Gasteiger partial charge in [0.05, 0.1) is 6.54 Å². The second-order valence-electron chi connectivity index (χ2n) is 7.43. The summed E-state index contributed by atoms with van der Waals surface area (Å²) in [5, 5.41) is 11.8. The van der Waals surface area contributed by atoms with Gasteiger partial charge in [-0.05, 0) is 44.2 Å². The predicted octanol–water partition coefficient (Wildman–Crippen LogP) is 5.83. The number of hydrogen-bond acceptors (Lipinski definition) is 3. The molecule has 0 saturated carbocycles. The highest BCUT2D eigenvalue weighted by Crippen LogP contribution is 2.34. The standard InChI is InChI=1S/C24H23NO3S/c1-24(2,23(26)27)29-18-9-7-8-17(16-18)28-15-14-25-21-12-5-3-10-19(21)20-11-4-6-13-22(20)25/h3-13,16H,14-15H2,1-2H3,(H,26,27). The molecule has 1 aromatic heterocycles. The van der Waals surface area contributed by atoms with Crippen LogP contribution in [0.3, 0.4) is 0 Å². The molecule has 0 aliphatic carbocycles. The van der Waals surface area contributed by atoms with Gasteiger partial charge in [-0.25, -0.2) is 0 Å². The monoisotopic (exact) mass is 405 g/mol. The number of rotatable bonds is 7. The van der Waals surface area contributed by atoms with Crippen LogP contribution in [-0.4, -0.2) is 27.0 Å². The van der Waals surface area contributed by atoms with E-state index in [2.05, 4.69) is 53.1 Å². The van der Waals surface area contributed by atoms with Crippen molar-refractivity contribution in [2.75, 3.05) is 6.61 Å². The van der Waals surface area contributed by atoms with E-state index in [-0.39, 0.29) is 0 Å². The molecule has 148 valence electrons. The molecule has 0 radical (unpaired) electrons. The maximum Gasteiger partial charge on any atom is 0.319 e. The molecule has 0 unspecified atom stereocenters. The van der Waals surface area contributed by atoms with Crippen molar-refractivity contribution in [1.82, 2.24) is 4.57 Å². The molecule has 0 fully saturated rings. The van der Waals surface area contributed by atoms with E-state index < -0.39 is 10.7 Å². The minimum Gasteiger partial charge on any atom is -0.492 e. The van der Waals surface area contributed by atoms with Crippen LogP contribution < -0.4 is 4.74 Å². The molecule has 3 aromatic carbocycles. The van der Waals surface area contributed by atoms with Gasteiger partial charge in [-0.15, -0.1) is 11.8 Å². The summed E-state index contributed by atoms with van der Waals surface area (Å²) in [6.45, 7) is 4.66. The van der Waals surface area contributed by atoms with Crippen LogP contribution in [0.2, 0.25) is 0 Å². The number of thioether (sulfide) groups is 1. The maximum absolute atomic E-state index is 11.4. The third-order valence-corrected chi connectivity index (χ3v) is 6.13. The fraction of sp³-hybridized carbons (Fsp3) is 0.208. The van der Waals surface area contributed by atoms with Crippen LogP contribution in [0.5, 0.6) is 5.75 Å². The Morgan fingerprint density at radius 1 is 0.966 bits per heavy atom. The minimum absolute atomic E-state index is 0.527. The van der Waals surface area contributed by atoms with Crippen molar-refractivity contribution in [3.05, 3.63) is 72.8 Å². The van der Waals surface area contributed by atoms with E-state index in [4.69, 9.17) is 4.74 Å². The fourth-order valence-corrected chi connectivity index (χ4v) is 4.46. The quantitative estimate of drug-likeness (QED) is 0.393. The number of hydrogen-bond donors (Lipinski definition) is 1. The van der Waals surface area contributed by atoms with Crippen LogP contribution in [0, 0.1) is 0 Å². The lowest BCUT2D eigenvalue weighted by molar-refractivity contribution is -0.138. The van der Waals surface area contributed by atoms with Crippen molar-refractivity contribution in [2.24, 2.45) is 0 Å². The van der Waals surface area contributed by atoms with Gasteiger partial charge < -0.3 is 14.4 Å². The topological polar surface area (TPSA) is 51.5 Å². The van der Waals surface area contributed by atoms with E-state index in [1.165, 1.54) is 33.6 Å². The molecular formula is C24H23NO3S. The van der Waals surface area contributed by atoms with Gasteiger partial charge >= 0.3 is 5.97 Å². The molecule has 1 N–H and O–H groups in total. The Labute approximate surface area is 174 Å². The number of fused-ring (bicyclic) bond motifs is 3. The number of aromatic nitrogens is 1. The Morgan fingerprint density at radius 3 is 2.21 bits per heavy atom. The van der Waals surface area contributed by atoms with Crippen LogP contribution in [0.4, 0.5) is 0 Å². The summed E-state index contributed by atoms with van der Waals surface area (Å²) in [5.41, 5.74) is 2.40. The highest BCUT2D eigenvalue weighted by atomic mass is 32.2. The number of benzene rings is 3. The second-order valence-corrected chi connectivity index (χ2v) is 9.12. The first kappa shape index (κ1) is 19.4. The minimum atomic E-state index is -0.887. The Balaban J connectivity index is 1.51. The van der Waals surface area contributed by atoms with Crippen LogP contribution in [0.1, 0.15) is 13.8 Å². The lowest BCUT2D eigenvalue weighted by atomic mass is 10.2. The van der Waals surface area contributed by atoms with E-state index in [0.717, 1.165) is 17.2 Å². The Kier molecular flexibility index (Phi) is 5.24. The predicted molar refractivity (Wildman–Crippen MR) is 119 cm³/mol. The number of carboxylic acids is 1. The van der Waals surface area contributed by atoms with Gasteiger partial charge in [-0.3, -0.25) is 4.79 Å². The van der Waals surface area contributed by atoms with Crippen molar-refractivity contribution >= 4 is 39.5 Å². The first-order valence-electron chi connectivity index (χ1n) is 9.57. The summed E-state index contributed by atoms with van der Waals surface area (Å²) in [6.07, 6.45) is 0. The second kappa shape index (κ2) is 7.84. The maximum atomic E-state index is 11.4. The average molecular weight is 406 g/mol. The molecule has 0 spiro atoms. The zero-order valence-corrected chi connectivity index (χ0v) is 17.3. The summed E-state index contributed by atoms with van der Waals surface area (Å²) in [7, 11) is 0. The summed E-state index contributed by atoms with van der Waals surface area (Å²) in [4.78, 5) is 12.3. The molecular weight excluding hydrogens is 382 g/mol. The molecule has 0 atom stereocenters. The number of nitrogens with zero attached hydrogens (tertiary/aromatic N) is 1. The van der Waals surface area contributed by atoms with Crippen molar-refractivity contribution in [1.29, 1.82) is 0 Å². The number of ether oxygens (including phenoxy) is 1. The molecule has 0 bridgehead atoms. The van der Waals surface area contributed by atoms with Gasteiger partial charge in [0.1, 0.15) is 17.1 Å². The lowest BCUT2D eigenvalue weighted by Gasteiger charge is -2.18. The van der Waals surface area contributed by atoms with E-state index in [0.29, 0.717) is 6.61 Å². The Hall–Kier alpha value is -2.92. The number of carbonyl (C=O) groups is 1. The van der Waals surface area contributed by atoms with E-state index in [9.17, 15) is 9.90 Å². The van der Waals surface area contributed by atoms with Crippen molar-refractivity contribution < 1.29 is 14.6 Å². The Bertz CT molecular complexity index is 1130. The third kappa shape index (κ3) is 3.96. The molecule has 5 heteroatoms. The summed E-state index contributed by atoms with van der Waals surface area (Å²) in [5.74, 6) is -0.0860. The average Bonchev–Trinajstić information content (AvgIpc) is 3.02. The molecule has 4 nitrogen and oxygen atoms in total. The lowest BCUT2D eigenvalue weighted by Crippen LogP contribution is -2.26. The molecule has 0 amide bonds. The van der Waals surface area contributed by atoms with Crippen molar-refractivity contribution in [3.63, 3.8) is 0 Å². The normalized spacial score (nSPS) is 11.8. The van der Waals surface area contributed by atoms with E-state index >= 15 is 0 Å². The fourth-order valence-electron chi connectivity index (χ4n) is 3.46. The molecule has 4 aromatic rings. The smallest absolute Gasteiger partial charge is 0.319 e. The van der Waals surface area contributed by atoms with Gasteiger partial charge in [0.25, 0.3) is 0 Å². The first-order chi connectivity index (χ1) is 14.0. The highest BCUT2D eigenvalue weighted by molar-refractivity contribution is 8.01. The summed E-state index contributed by atoms with van der Waals surface area (Å²) in [6, 6.07) is 24.5. The van der Waals surface area contributed by atoms with Gasteiger partial charge in [-0.2, -0.15) is 0 Å². The largest absolute Gasteiger partial charge is 0.492 e. The van der Waals surface area contributed by atoms with Gasteiger partial charge in [0.2, 0.25) is 0 Å². The van der Waals surface area contributed by atoms with E-state index in [1.807, 2.05) is 24.3 Å². The molecule has 0 saturated heterocycles. The number of para-hydroxylation sites is 2. The highest BCUT2D eigenvalue weighted by Gasteiger charge is 2.28. The molecule has 0 aliphatic rings. The Morgan fingerprint density at radius 2 is 1.59 bits per heavy atom. The first-order valence-corrected chi connectivity index (χ1v) is 10.4. The van der Waals surface area contributed by atoms with E-state index in [1.54, 1.807) is 13.8 Å². The summed E-state index contributed by atoms with van der Waals surface area (Å²) < 4.78 is 7.41. The van der Waals surface area contributed by atoms with Crippen LogP contribution in [-0.2, 0) is 11.3 Å². The van der Waals surface area contributed by atoms with Gasteiger partial charge in [0, 0.05) is 26.7 Å². The summed E-state index contributed by atoms with van der Waals surface area (Å²) >= 11 is 1.32. The third-order valence-electron chi connectivity index (χ3n) is 4.96. The van der Waals surface area contributed by atoms with Crippen molar-refractivity contribution in [3.8, 4) is 5.75 Å². The van der Waals surface area contributed by atoms with Crippen LogP contribution >= 0.6 is 11.8 Å². The zero-order valence-electron chi connectivity index (χ0n) is 16.5. The molecule has 1 heterocycles. The van der Waals surface area contributed by atoms with Crippen molar-refractivity contribution in [2.45, 2.75) is 30.0 Å². The van der Waals surface area contributed by atoms with Gasteiger partial charge in [-0.1, -0.05) is 42.5 Å². The molecule has 0 aliphatic heterocycles. The number of aliphatic carboxylic acids is 1. The SMILES string of the molecule is CC(C)(Sc1cccc(OCCn2c3ccccc3c3ccccc32)c1)C(=O)O. The zero-order chi connectivity index (χ0) is 20.4. The number of carboxylic acid groups (broad SMARTS) is 1. The van der Waals surface area contributed by atoms with Crippen LogP contribution in [0.25, 0.3) is 21.8 Å². The van der Waals surface area contributed by atoms with Gasteiger partial charge in [0.15, 0.2) is 0 Å². The molecule has 29 heavy (non-hydrogen) atoms. The van der Waals surface area contributed by atoms with Crippen LogP contribution in [0.15, 0.2) is 77.7 Å². The molecule has 4 rings (SSSR count).